The maximum Gasteiger partial charge on any atom is 0.230 e. The van der Waals surface area contributed by atoms with Gasteiger partial charge < -0.3 is 24.7 Å². The van der Waals surface area contributed by atoms with Crippen LogP contribution in [0.3, 0.4) is 0 Å². The first-order chi connectivity index (χ1) is 19.0. The monoisotopic (exact) mass is 582 g/mol. The van der Waals surface area contributed by atoms with Crippen LogP contribution < -0.4 is 0 Å². The number of aliphatic hydroxyl groups excluding tert-OH is 1. The molecule has 1 amide bonds. The fraction of sp³-hybridized carbons (Fsp3) is 0.406. The first-order valence-electron chi connectivity index (χ1n) is 13.5. The third kappa shape index (κ3) is 5.67. The SMILES string of the molecule is CN(C)CC(C)(O)c1ccc2c(c1)CC(=O)N(Cc1ccc(Cl)cc1)[C@@]2(OCC1(CO)CC1)c1ccc(Cl)cc1. The number of benzene rings is 3. The lowest BCUT2D eigenvalue weighted by Crippen LogP contribution is -2.56. The zero-order valence-corrected chi connectivity index (χ0v) is 24.7. The molecule has 0 radical (unpaired) electrons. The van der Waals surface area contributed by atoms with E-state index in [2.05, 4.69) is 0 Å². The zero-order valence-electron chi connectivity index (χ0n) is 23.2. The number of amides is 1. The van der Waals surface area contributed by atoms with Crippen molar-refractivity contribution >= 4 is 29.1 Å². The van der Waals surface area contributed by atoms with E-state index in [4.69, 9.17) is 27.9 Å². The van der Waals surface area contributed by atoms with Crippen LogP contribution in [0.15, 0.2) is 66.7 Å². The quantitative estimate of drug-likeness (QED) is 0.337. The summed E-state index contributed by atoms with van der Waals surface area (Å²) in [7, 11) is 3.83. The normalized spacial score (nSPS) is 21.3. The topological polar surface area (TPSA) is 73.2 Å². The van der Waals surface area contributed by atoms with Gasteiger partial charge in [-0.25, -0.2) is 0 Å². The second-order valence-corrected chi connectivity index (χ2v) is 12.6. The van der Waals surface area contributed by atoms with Crippen LogP contribution in [-0.4, -0.2) is 59.8 Å². The summed E-state index contributed by atoms with van der Waals surface area (Å²) < 4.78 is 6.92. The molecule has 8 heteroatoms. The third-order valence-electron chi connectivity index (χ3n) is 8.11. The average molecular weight is 584 g/mol. The predicted octanol–water partition coefficient (Wildman–Crippen LogP) is 5.34. The van der Waals surface area contributed by atoms with Crippen LogP contribution in [0.2, 0.25) is 10.0 Å². The van der Waals surface area contributed by atoms with Gasteiger partial charge in [-0.05, 0) is 74.8 Å². The molecule has 0 bridgehead atoms. The van der Waals surface area contributed by atoms with E-state index in [1.807, 2.05) is 73.6 Å². The van der Waals surface area contributed by atoms with Gasteiger partial charge in [0.15, 0.2) is 5.72 Å². The van der Waals surface area contributed by atoms with Crippen LogP contribution in [0.1, 0.15) is 47.6 Å². The molecule has 2 aliphatic rings. The zero-order chi connectivity index (χ0) is 28.7. The number of carbonyl (C=O) groups is 1. The van der Waals surface area contributed by atoms with Gasteiger partial charge in [-0.3, -0.25) is 4.79 Å². The Kier molecular flexibility index (Phi) is 8.05. The molecule has 6 nitrogen and oxygen atoms in total. The van der Waals surface area contributed by atoms with Gasteiger partial charge in [0.2, 0.25) is 5.91 Å². The van der Waals surface area contributed by atoms with Gasteiger partial charge in [-0.1, -0.05) is 65.7 Å². The van der Waals surface area contributed by atoms with E-state index in [1.165, 1.54) is 0 Å². The average Bonchev–Trinajstić information content (AvgIpc) is 3.70. The molecule has 1 aliphatic carbocycles. The van der Waals surface area contributed by atoms with Crippen molar-refractivity contribution in [2.45, 2.75) is 44.1 Å². The molecule has 0 spiro atoms. The summed E-state index contributed by atoms with van der Waals surface area (Å²) in [5.41, 5.74) is 1.35. The van der Waals surface area contributed by atoms with Crippen molar-refractivity contribution in [2.24, 2.45) is 5.41 Å². The molecule has 5 rings (SSSR count). The molecular formula is C32H36Cl2N2O4. The van der Waals surface area contributed by atoms with Gasteiger partial charge in [0, 0.05) is 39.7 Å². The number of rotatable bonds is 10. The van der Waals surface area contributed by atoms with Gasteiger partial charge in [-0.15, -0.1) is 0 Å². The molecule has 1 unspecified atom stereocenters. The van der Waals surface area contributed by atoms with E-state index in [9.17, 15) is 15.0 Å². The maximum absolute atomic E-state index is 14.1. The first-order valence-corrected chi connectivity index (χ1v) is 14.3. The molecule has 1 saturated carbocycles. The molecule has 0 aromatic heterocycles. The summed E-state index contributed by atoms with van der Waals surface area (Å²) in [5.74, 6) is -0.101. The second kappa shape index (κ2) is 11.1. The van der Waals surface area contributed by atoms with E-state index in [0.29, 0.717) is 23.1 Å². The number of carbonyl (C=O) groups excluding carboxylic acids is 1. The Morgan fingerprint density at radius 2 is 1.62 bits per heavy atom. The number of likely N-dealkylation sites (N-methyl/N-ethyl adjacent to an activating group) is 1. The summed E-state index contributed by atoms with van der Waals surface area (Å²) in [6.07, 6.45) is 1.90. The number of fused-ring (bicyclic) bond motifs is 1. The number of nitrogens with zero attached hydrogens (tertiary/aromatic N) is 2. The van der Waals surface area contributed by atoms with Crippen LogP contribution in [0.25, 0.3) is 0 Å². The molecule has 1 heterocycles. The predicted molar refractivity (Wildman–Crippen MR) is 157 cm³/mol. The van der Waals surface area contributed by atoms with E-state index < -0.39 is 11.3 Å². The van der Waals surface area contributed by atoms with Crippen LogP contribution in [0, 0.1) is 5.41 Å². The lowest BCUT2D eigenvalue weighted by atomic mass is 9.81. The maximum atomic E-state index is 14.1. The standard InChI is InChI=1S/C32H36Cl2N2O4/c1-30(39,19-35(2)3)25-8-13-28-23(16-25)17-29(38)36(18-22-4-9-26(33)10-5-22)32(28,24-6-11-27(34)12-7-24)40-21-31(20-37)14-15-31/h4-13,16,37,39H,14-15,17-21H2,1-3H3/t30?,32-/m1/s1. The highest BCUT2D eigenvalue weighted by Crippen LogP contribution is 2.50. The molecule has 0 saturated heterocycles. The highest BCUT2D eigenvalue weighted by Gasteiger charge is 2.52. The van der Waals surface area contributed by atoms with Crippen LogP contribution in [-0.2, 0) is 33.8 Å². The van der Waals surface area contributed by atoms with Crippen molar-refractivity contribution in [1.82, 2.24) is 9.80 Å². The fourth-order valence-electron chi connectivity index (χ4n) is 5.67. The summed E-state index contributed by atoms with van der Waals surface area (Å²) in [5, 5.41) is 22.6. The Morgan fingerprint density at radius 1 is 1.00 bits per heavy atom. The van der Waals surface area contributed by atoms with E-state index in [-0.39, 0.29) is 31.0 Å². The minimum absolute atomic E-state index is 0.0219. The highest BCUT2D eigenvalue weighted by atomic mass is 35.5. The molecule has 1 aliphatic heterocycles. The second-order valence-electron chi connectivity index (χ2n) is 11.8. The van der Waals surface area contributed by atoms with Gasteiger partial charge in [-0.2, -0.15) is 0 Å². The molecule has 3 aromatic rings. The van der Waals surface area contributed by atoms with E-state index in [1.54, 1.807) is 24.0 Å². The lowest BCUT2D eigenvalue weighted by Gasteiger charge is -2.49. The molecule has 3 aromatic carbocycles. The Bertz CT molecular complexity index is 1370. The summed E-state index contributed by atoms with van der Waals surface area (Å²) in [6.45, 7) is 2.82. The molecule has 2 atom stereocenters. The third-order valence-corrected chi connectivity index (χ3v) is 8.61. The lowest BCUT2D eigenvalue weighted by molar-refractivity contribution is -0.180. The Morgan fingerprint density at radius 3 is 2.20 bits per heavy atom. The van der Waals surface area contributed by atoms with Gasteiger partial charge in [0.25, 0.3) is 0 Å². The van der Waals surface area contributed by atoms with Crippen molar-refractivity contribution in [3.63, 3.8) is 0 Å². The Hall–Kier alpha value is -2.45. The minimum Gasteiger partial charge on any atom is -0.396 e. The molecule has 212 valence electrons. The van der Waals surface area contributed by atoms with Crippen molar-refractivity contribution < 1.29 is 19.7 Å². The van der Waals surface area contributed by atoms with Crippen molar-refractivity contribution in [3.8, 4) is 0 Å². The summed E-state index contributed by atoms with van der Waals surface area (Å²) in [6, 6.07) is 20.7. The van der Waals surface area contributed by atoms with E-state index in [0.717, 1.165) is 40.7 Å². The highest BCUT2D eigenvalue weighted by molar-refractivity contribution is 6.30. The largest absolute Gasteiger partial charge is 0.396 e. The molecule has 40 heavy (non-hydrogen) atoms. The smallest absolute Gasteiger partial charge is 0.230 e. The van der Waals surface area contributed by atoms with Crippen LogP contribution in [0.5, 0.6) is 0 Å². The van der Waals surface area contributed by atoms with Crippen LogP contribution >= 0.6 is 23.2 Å². The number of hydrogen-bond acceptors (Lipinski definition) is 5. The van der Waals surface area contributed by atoms with Gasteiger partial charge in [0.05, 0.1) is 25.2 Å². The van der Waals surface area contributed by atoms with Gasteiger partial charge in [0.1, 0.15) is 0 Å². The van der Waals surface area contributed by atoms with Crippen molar-refractivity contribution in [3.05, 3.63) is 105 Å². The Labute approximate surface area is 246 Å². The van der Waals surface area contributed by atoms with Crippen molar-refractivity contribution in [1.29, 1.82) is 0 Å². The van der Waals surface area contributed by atoms with Crippen molar-refractivity contribution in [2.75, 3.05) is 33.9 Å². The number of aliphatic hydroxyl groups is 2. The molecular weight excluding hydrogens is 547 g/mol. The first kappa shape index (κ1) is 29.1. The Balaban J connectivity index is 1.69. The number of hydrogen-bond donors (Lipinski definition) is 2. The van der Waals surface area contributed by atoms with Gasteiger partial charge >= 0.3 is 0 Å². The number of halogens is 2. The van der Waals surface area contributed by atoms with E-state index >= 15 is 0 Å². The molecule has 2 N–H and O–H groups in total. The summed E-state index contributed by atoms with van der Waals surface area (Å²) in [4.78, 5) is 17.8. The number of ether oxygens (including phenoxy) is 1. The summed E-state index contributed by atoms with van der Waals surface area (Å²) >= 11 is 12.5. The minimum atomic E-state index is -1.27. The molecule has 1 fully saturated rings. The fourth-order valence-corrected chi connectivity index (χ4v) is 5.92. The van der Waals surface area contributed by atoms with Crippen LogP contribution in [0.4, 0.5) is 0 Å².